The minimum absolute atomic E-state index is 0.311. The van der Waals surface area contributed by atoms with Gasteiger partial charge in [-0.2, -0.15) is 0 Å². The van der Waals surface area contributed by atoms with Gasteiger partial charge < -0.3 is 5.11 Å². The lowest BCUT2D eigenvalue weighted by Gasteiger charge is -2.08. The first kappa shape index (κ1) is 14.4. The number of carboxylic acids is 1. The number of aryl methyl sites for hydroxylation is 1. The van der Waals surface area contributed by atoms with Gasteiger partial charge in [-0.25, -0.2) is 4.79 Å². The number of carbonyl (C=O) groups is 1. The van der Waals surface area contributed by atoms with E-state index in [0.29, 0.717) is 11.5 Å². The second-order valence-corrected chi connectivity index (χ2v) is 4.87. The molecule has 1 unspecified atom stereocenters. The van der Waals surface area contributed by atoms with Crippen LogP contribution in [-0.4, -0.2) is 16.8 Å². The second kappa shape index (κ2) is 6.34. The summed E-state index contributed by atoms with van der Waals surface area (Å²) < 4.78 is 0. The molecule has 18 heavy (non-hydrogen) atoms. The summed E-state index contributed by atoms with van der Waals surface area (Å²) in [4.78, 5) is 15.4. The van der Waals surface area contributed by atoms with Gasteiger partial charge in [-0.05, 0) is 49.9 Å². The number of rotatable bonds is 5. The zero-order chi connectivity index (χ0) is 13.7. The van der Waals surface area contributed by atoms with Crippen molar-refractivity contribution in [2.24, 2.45) is 10.9 Å². The van der Waals surface area contributed by atoms with Crippen LogP contribution in [-0.2, 0) is 0 Å². The van der Waals surface area contributed by atoms with E-state index in [0.717, 1.165) is 29.8 Å². The molecule has 1 aromatic carbocycles. The van der Waals surface area contributed by atoms with Crippen molar-refractivity contribution < 1.29 is 9.90 Å². The van der Waals surface area contributed by atoms with Crippen molar-refractivity contribution in [1.82, 2.24) is 0 Å². The van der Waals surface area contributed by atoms with E-state index in [-0.39, 0.29) is 0 Å². The molecule has 0 heterocycles. The third-order valence-corrected chi connectivity index (χ3v) is 3.10. The molecular formula is C15H21NO2. The lowest BCUT2D eigenvalue weighted by molar-refractivity contribution is 0.0697. The van der Waals surface area contributed by atoms with Crippen molar-refractivity contribution in [2.75, 3.05) is 0 Å². The van der Waals surface area contributed by atoms with Crippen LogP contribution in [0.3, 0.4) is 0 Å². The fraction of sp³-hybridized carbons (Fsp3) is 0.467. The molecule has 0 spiro atoms. The Labute approximate surface area is 109 Å². The molecule has 0 aliphatic heterocycles. The molecule has 0 aliphatic rings. The van der Waals surface area contributed by atoms with Crippen molar-refractivity contribution in [3.8, 4) is 0 Å². The van der Waals surface area contributed by atoms with Gasteiger partial charge in [-0.15, -0.1) is 0 Å². The summed E-state index contributed by atoms with van der Waals surface area (Å²) in [7, 11) is 0. The Kier molecular flexibility index (Phi) is 5.08. The molecule has 0 aromatic heterocycles. The quantitative estimate of drug-likeness (QED) is 0.792. The predicted molar refractivity (Wildman–Crippen MR) is 75.0 cm³/mol. The van der Waals surface area contributed by atoms with Gasteiger partial charge in [0.15, 0.2) is 0 Å². The Morgan fingerprint density at radius 3 is 2.61 bits per heavy atom. The van der Waals surface area contributed by atoms with Gasteiger partial charge in [0.05, 0.1) is 11.3 Å². The zero-order valence-corrected chi connectivity index (χ0v) is 11.5. The standard InChI is InChI=1S/C15H21NO2/c1-5-10(2)8-12(4)16-14-7-6-13(15(17)18)9-11(14)3/h6-7,9-10H,5,8H2,1-4H3,(H,17,18). The lowest BCUT2D eigenvalue weighted by atomic mass is 10.0. The maximum atomic E-state index is 10.8. The van der Waals surface area contributed by atoms with Gasteiger partial charge in [0.1, 0.15) is 0 Å². The van der Waals surface area contributed by atoms with Crippen molar-refractivity contribution in [3.05, 3.63) is 29.3 Å². The molecule has 0 aliphatic carbocycles. The van der Waals surface area contributed by atoms with Crippen LogP contribution >= 0.6 is 0 Å². The highest BCUT2D eigenvalue weighted by Crippen LogP contribution is 2.21. The summed E-state index contributed by atoms with van der Waals surface area (Å²) in [5, 5.41) is 8.90. The molecule has 1 N–H and O–H groups in total. The van der Waals surface area contributed by atoms with Crippen molar-refractivity contribution in [2.45, 2.75) is 40.5 Å². The normalized spacial score (nSPS) is 13.4. The van der Waals surface area contributed by atoms with E-state index in [2.05, 4.69) is 18.8 Å². The molecule has 1 atom stereocenters. The van der Waals surface area contributed by atoms with E-state index >= 15 is 0 Å². The average Bonchev–Trinajstić information content (AvgIpc) is 2.31. The Morgan fingerprint density at radius 2 is 2.11 bits per heavy atom. The first-order valence-electron chi connectivity index (χ1n) is 6.32. The SMILES string of the molecule is CCC(C)CC(C)=Nc1ccc(C(=O)O)cc1C. The van der Waals surface area contributed by atoms with Gasteiger partial charge in [-0.3, -0.25) is 4.99 Å². The Morgan fingerprint density at radius 1 is 1.44 bits per heavy atom. The topological polar surface area (TPSA) is 49.7 Å². The molecule has 0 saturated carbocycles. The molecule has 0 bridgehead atoms. The smallest absolute Gasteiger partial charge is 0.335 e. The van der Waals surface area contributed by atoms with Crippen molar-refractivity contribution in [3.63, 3.8) is 0 Å². The minimum Gasteiger partial charge on any atom is -0.478 e. The van der Waals surface area contributed by atoms with E-state index in [9.17, 15) is 4.79 Å². The second-order valence-electron chi connectivity index (χ2n) is 4.87. The number of hydrogen-bond donors (Lipinski definition) is 1. The largest absolute Gasteiger partial charge is 0.478 e. The summed E-state index contributed by atoms with van der Waals surface area (Å²) in [6, 6.07) is 5.04. The summed E-state index contributed by atoms with van der Waals surface area (Å²) in [5.41, 5.74) is 3.17. The molecule has 0 fully saturated rings. The third kappa shape index (κ3) is 3.99. The predicted octanol–water partition coefficient (Wildman–Crippen LogP) is 4.22. The van der Waals surface area contributed by atoms with Crippen LogP contribution in [0.15, 0.2) is 23.2 Å². The molecule has 0 radical (unpaired) electrons. The highest BCUT2D eigenvalue weighted by Gasteiger charge is 2.06. The molecule has 1 rings (SSSR count). The van der Waals surface area contributed by atoms with E-state index < -0.39 is 5.97 Å². The number of benzene rings is 1. The van der Waals surface area contributed by atoms with Crippen molar-refractivity contribution in [1.29, 1.82) is 0 Å². The van der Waals surface area contributed by atoms with Crippen LogP contribution < -0.4 is 0 Å². The van der Waals surface area contributed by atoms with Gasteiger partial charge in [0.2, 0.25) is 0 Å². The Bertz CT molecular complexity index is 464. The van der Waals surface area contributed by atoms with E-state index in [4.69, 9.17) is 5.11 Å². The van der Waals surface area contributed by atoms with Crippen LogP contribution in [0.25, 0.3) is 0 Å². The van der Waals surface area contributed by atoms with Gasteiger partial charge >= 0.3 is 5.97 Å². The van der Waals surface area contributed by atoms with Crippen LogP contribution in [0, 0.1) is 12.8 Å². The highest BCUT2D eigenvalue weighted by molar-refractivity contribution is 5.89. The van der Waals surface area contributed by atoms with Crippen LogP contribution in [0.4, 0.5) is 5.69 Å². The molecular weight excluding hydrogens is 226 g/mol. The minimum atomic E-state index is -0.898. The number of nitrogens with zero attached hydrogens (tertiary/aromatic N) is 1. The Hall–Kier alpha value is -1.64. The fourth-order valence-electron chi connectivity index (χ4n) is 1.81. The summed E-state index contributed by atoms with van der Waals surface area (Å²) in [5.74, 6) is -0.266. The number of hydrogen-bond acceptors (Lipinski definition) is 2. The molecule has 3 heteroatoms. The van der Waals surface area contributed by atoms with Gasteiger partial charge in [0.25, 0.3) is 0 Å². The molecule has 1 aromatic rings. The fourth-order valence-corrected chi connectivity index (χ4v) is 1.81. The first-order chi connectivity index (χ1) is 8.43. The van der Waals surface area contributed by atoms with Crippen molar-refractivity contribution >= 4 is 17.4 Å². The summed E-state index contributed by atoms with van der Waals surface area (Å²) >= 11 is 0. The monoisotopic (exact) mass is 247 g/mol. The number of carboxylic acid groups (broad SMARTS) is 1. The first-order valence-corrected chi connectivity index (χ1v) is 6.32. The lowest BCUT2D eigenvalue weighted by Crippen LogP contribution is -2.01. The van der Waals surface area contributed by atoms with Crippen LogP contribution in [0.1, 0.15) is 49.5 Å². The van der Waals surface area contributed by atoms with E-state index in [1.807, 2.05) is 13.8 Å². The van der Waals surface area contributed by atoms with E-state index in [1.165, 1.54) is 0 Å². The van der Waals surface area contributed by atoms with Gasteiger partial charge in [0, 0.05) is 5.71 Å². The number of aromatic carboxylic acids is 1. The third-order valence-electron chi connectivity index (χ3n) is 3.10. The van der Waals surface area contributed by atoms with Crippen LogP contribution in [0.2, 0.25) is 0 Å². The summed E-state index contributed by atoms with van der Waals surface area (Å²) in [6.07, 6.45) is 2.13. The average molecular weight is 247 g/mol. The van der Waals surface area contributed by atoms with Gasteiger partial charge in [-0.1, -0.05) is 20.3 Å². The summed E-state index contributed by atoms with van der Waals surface area (Å²) in [6.45, 7) is 8.29. The maximum absolute atomic E-state index is 10.8. The maximum Gasteiger partial charge on any atom is 0.335 e. The number of aliphatic imine (C=N–C) groups is 1. The van der Waals surface area contributed by atoms with Crippen LogP contribution in [0.5, 0.6) is 0 Å². The molecule has 0 amide bonds. The molecule has 98 valence electrons. The molecule has 3 nitrogen and oxygen atoms in total. The Balaban J connectivity index is 2.91. The van der Waals surface area contributed by atoms with E-state index in [1.54, 1.807) is 18.2 Å². The molecule has 0 saturated heterocycles. The highest BCUT2D eigenvalue weighted by atomic mass is 16.4. The zero-order valence-electron chi connectivity index (χ0n) is 11.5.